The summed E-state index contributed by atoms with van der Waals surface area (Å²) in [6.07, 6.45) is 6.43. The van der Waals surface area contributed by atoms with Gasteiger partial charge >= 0.3 is 0 Å². The van der Waals surface area contributed by atoms with Crippen molar-refractivity contribution in [2.24, 2.45) is 5.73 Å². The highest BCUT2D eigenvalue weighted by atomic mass is 35.5. The molecular weight excluding hydrogens is 300 g/mol. The standard InChI is InChI=1S/C17H26N2O2.ClH/c1-13(12-18)19-17(20)10-9-14-5-4-8-16(11-14)21-15-6-2-3-7-15;/h4-5,8,11,13,15H,2-3,6-7,9-10,12,18H2,1H3,(H,19,20);1H/t13-;/m0./s1. The number of hydrogen-bond acceptors (Lipinski definition) is 3. The molecule has 1 atom stereocenters. The van der Waals surface area contributed by atoms with Gasteiger partial charge in [0.15, 0.2) is 0 Å². The van der Waals surface area contributed by atoms with Crippen LogP contribution >= 0.6 is 12.4 Å². The van der Waals surface area contributed by atoms with Crippen LogP contribution in [0.1, 0.15) is 44.6 Å². The van der Waals surface area contributed by atoms with Crippen LogP contribution in [0, 0.1) is 0 Å². The molecule has 0 heterocycles. The predicted octanol–water partition coefficient (Wildman–Crippen LogP) is 2.83. The van der Waals surface area contributed by atoms with E-state index in [4.69, 9.17) is 10.5 Å². The number of aryl methyl sites for hydroxylation is 1. The summed E-state index contributed by atoms with van der Waals surface area (Å²) in [5.74, 6) is 0.977. The molecule has 1 fully saturated rings. The van der Waals surface area contributed by atoms with E-state index >= 15 is 0 Å². The Morgan fingerprint density at radius 1 is 1.41 bits per heavy atom. The molecule has 0 aliphatic heterocycles. The largest absolute Gasteiger partial charge is 0.490 e. The number of carbonyl (C=O) groups excluding carboxylic acids is 1. The van der Waals surface area contributed by atoms with Crippen LogP contribution in [-0.2, 0) is 11.2 Å². The molecule has 5 heteroatoms. The molecular formula is C17H27ClN2O2. The number of benzene rings is 1. The van der Waals surface area contributed by atoms with E-state index in [0.717, 1.165) is 30.6 Å². The number of carbonyl (C=O) groups is 1. The van der Waals surface area contributed by atoms with Crippen LogP contribution in [-0.4, -0.2) is 24.6 Å². The van der Waals surface area contributed by atoms with Gasteiger partial charge < -0.3 is 15.8 Å². The lowest BCUT2D eigenvalue weighted by Crippen LogP contribution is -2.37. The number of rotatable bonds is 7. The predicted molar refractivity (Wildman–Crippen MR) is 91.6 cm³/mol. The lowest BCUT2D eigenvalue weighted by Gasteiger charge is -2.14. The minimum Gasteiger partial charge on any atom is -0.490 e. The summed E-state index contributed by atoms with van der Waals surface area (Å²) in [6, 6.07) is 8.13. The van der Waals surface area contributed by atoms with Gasteiger partial charge in [0.25, 0.3) is 0 Å². The van der Waals surface area contributed by atoms with Crippen LogP contribution in [0.2, 0.25) is 0 Å². The van der Waals surface area contributed by atoms with E-state index in [-0.39, 0.29) is 24.4 Å². The second-order valence-electron chi connectivity index (χ2n) is 5.88. The monoisotopic (exact) mass is 326 g/mol. The Labute approximate surface area is 139 Å². The van der Waals surface area contributed by atoms with Crippen LogP contribution in [0.3, 0.4) is 0 Å². The Bertz CT molecular complexity index is 462. The Morgan fingerprint density at radius 2 is 2.14 bits per heavy atom. The molecule has 0 unspecified atom stereocenters. The molecule has 0 saturated heterocycles. The number of amides is 1. The molecule has 22 heavy (non-hydrogen) atoms. The summed E-state index contributed by atoms with van der Waals surface area (Å²) >= 11 is 0. The third-order valence-electron chi connectivity index (χ3n) is 3.91. The molecule has 0 spiro atoms. The van der Waals surface area contributed by atoms with Crippen molar-refractivity contribution in [1.82, 2.24) is 5.32 Å². The van der Waals surface area contributed by atoms with Gasteiger partial charge in [0.1, 0.15) is 5.75 Å². The fourth-order valence-electron chi connectivity index (χ4n) is 2.64. The molecule has 1 aromatic carbocycles. The highest BCUT2D eigenvalue weighted by Gasteiger charge is 2.16. The van der Waals surface area contributed by atoms with E-state index in [2.05, 4.69) is 11.4 Å². The van der Waals surface area contributed by atoms with Crippen molar-refractivity contribution in [3.63, 3.8) is 0 Å². The summed E-state index contributed by atoms with van der Waals surface area (Å²) in [5, 5.41) is 2.88. The highest BCUT2D eigenvalue weighted by molar-refractivity contribution is 5.85. The van der Waals surface area contributed by atoms with Gasteiger partial charge in [0, 0.05) is 19.0 Å². The molecule has 0 radical (unpaired) electrons. The first kappa shape index (κ1) is 18.8. The molecule has 1 aliphatic rings. The lowest BCUT2D eigenvalue weighted by atomic mass is 10.1. The van der Waals surface area contributed by atoms with Crippen molar-refractivity contribution < 1.29 is 9.53 Å². The van der Waals surface area contributed by atoms with Crippen LogP contribution in [0.15, 0.2) is 24.3 Å². The molecule has 0 aromatic heterocycles. The average Bonchev–Trinajstić information content (AvgIpc) is 2.98. The number of hydrogen-bond donors (Lipinski definition) is 2. The van der Waals surface area contributed by atoms with E-state index in [1.54, 1.807) is 0 Å². The van der Waals surface area contributed by atoms with E-state index in [1.807, 2.05) is 25.1 Å². The van der Waals surface area contributed by atoms with Gasteiger partial charge in [-0.25, -0.2) is 0 Å². The first-order valence-corrected chi connectivity index (χ1v) is 7.92. The van der Waals surface area contributed by atoms with Gasteiger partial charge in [-0.3, -0.25) is 4.79 Å². The number of halogens is 1. The number of nitrogens with one attached hydrogen (secondary N) is 1. The van der Waals surface area contributed by atoms with Gasteiger partial charge in [0.05, 0.1) is 6.10 Å². The number of ether oxygens (including phenoxy) is 1. The maximum Gasteiger partial charge on any atom is 0.220 e. The molecule has 1 saturated carbocycles. The van der Waals surface area contributed by atoms with Crippen molar-refractivity contribution in [2.45, 2.75) is 57.6 Å². The molecule has 4 nitrogen and oxygen atoms in total. The van der Waals surface area contributed by atoms with Crippen LogP contribution in [0.4, 0.5) is 0 Å². The van der Waals surface area contributed by atoms with Gasteiger partial charge in [0.2, 0.25) is 5.91 Å². The first-order valence-electron chi connectivity index (χ1n) is 7.92. The molecule has 124 valence electrons. The van der Waals surface area contributed by atoms with Gasteiger partial charge in [-0.15, -0.1) is 12.4 Å². The highest BCUT2D eigenvalue weighted by Crippen LogP contribution is 2.24. The molecule has 0 bridgehead atoms. The van der Waals surface area contributed by atoms with Crippen molar-refractivity contribution in [3.05, 3.63) is 29.8 Å². The van der Waals surface area contributed by atoms with Crippen LogP contribution in [0.25, 0.3) is 0 Å². The van der Waals surface area contributed by atoms with Gasteiger partial charge in [-0.1, -0.05) is 12.1 Å². The second kappa shape index (κ2) is 9.70. The quantitative estimate of drug-likeness (QED) is 0.809. The van der Waals surface area contributed by atoms with Crippen LogP contribution < -0.4 is 15.8 Å². The third-order valence-corrected chi connectivity index (χ3v) is 3.91. The van der Waals surface area contributed by atoms with E-state index < -0.39 is 0 Å². The normalized spacial score (nSPS) is 15.9. The maximum absolute atomic E-state index is 11.8. The SMILES string of the molecule is C[C@@H](CN)NC(=O)CCc1cccc(OC2CCCC2)c1.Cl. The molecule has 1 amide bonds. The zero-order chi connectivity index (χ0) is 15.1. The molecule has 3 N–H and O–H groups in total. The molecule has 1 aromatic rings. The molecule has 2 rings (SSSR count). The Kier molecular flexibility index (Phi) is 8.28. The summed E-state index contributed by atoms with van der Waals surface area (Å²) in [4.78, 5) is 11.8. The average molecular weight is 327 g/mol. The number of nitrogens with two attached hydrogens (primary N) is 1. The first-order chi connectivity index (χ1) is 10.2. The minimum absolute atomic E-state index is 0. The van der Waals surface area contributed by atoms with E-state index in [0.29, 0.717) is 19.1 Å². The minimum atomic E-state index is 0. The van der Waals surface area contributed by atoms with Crippen molar-refractivity contribution in [2.75, 3.05) is 6.54 Å². The Morgan fingerprint density at radius 3 is 2.82 bits per heavy atom. The van der Waals surface area contributed by atoms with Crippen molar-refractivity contribution in [3.8, 4) is 5.75 Å². The Balaban J connectivity index is 0.00000242. The third kappa shape index (κ3) is 6.24. The zero-order valence-electron chi connectivity index (χ0n) is 13.2. The maximum atomic E-state index is 11.8. The van der Waals surface area contributed by atoms with E-state index in [9.17, 15) is 4.79 Å². The fourth-order valence-corrected chi connectivity index (χ4v) is 2.64. The van der Waals surface area contributed by atoms with Crippen LogP contribution in [0.5, 0.6) is 5.75 Å². The summed E-state index contributed by atoms with van der Waals surface area (Å²) < 4.78 is 5.99. The smallest absolute Gasteiger partial charge is 0.220 e. The summed E-state index contributed by atoms with van der Waals surface area (Å²) in [5.41, 5.74) is 6.63. The van der Waals surface area contributed by atoms with Crippen molar-refractivity contribution in [1.29, 1.82) is 0 Å². The van der Waals surface area contributed by atoms with Crippen molar-refractivity contribution >= 4 is 18.3 Å². The summed E-state index contributed by atoms with van der Waals surface area (Å²) in [7, 11) is 0. The van der Waals surface area contributed by atoms with E-state index in [1.165, 1.54) is 12.8 Å². The second-order valence-corrected chi connectivity index (χ2v) is 5.88. The topological polar surface area (TPSA) is 64.3 Å². The summed E-state index contributed by atoms with van der Waals surface area (Å²) in [6.45, 7) is 2.38. The van der Waals surface area contributed by atoms with Gasteiger partial charge in [-0.05, 0) is 56.7 Å². The Hall–Kier alpha value is -1.26. The molecule has 1 aliphatic carbocycles. The zero-order valence-corrected chi connectivity index (χ0v) is 14.0. The lowest BCUT2D eigenvalue weighted by molar-refractivity contribution is -0.121. The van der Waals surface area contributed by atoms with Gasteiger partial charge in [-0.2, -0.15) is 0 Å². The fraction of sp³-hybridized carbons (Fsp3) is 0.588.